The monoisotopic (exact) mass is 319 g/mol. The van der Waals surface area contributed by atoms with Gasteiger partial charge in [-0.2, -0.15) is 0 Å². The molecule has 1 fully saturated rings. The number of H-pyrrole nitrogens is 1. The maximum atomic E-state index is 11.8. The molecule has 0 spiro atoms. The SMILES string of the molecule is N[C@@H]1CCN(Cc2cccc(-c3ccc4c(=O)[nH]ccc4c3)c2)C1. The topological polar surface area (TPSA) is 62.1 Å². The third kappa shape index (κ3) is 2.98. The Bertz CT molecular complexity index is 931. The van der Waals surface area contributed by atoms with E-state index < -0.39 is 0 Å². The Balaban J connectivity index is 1.64. The highest BCUT2D eigenvalue weighted by Gasteiger charge is 2.18. The number of benzene rings is 2. The van der Waals surface area contributed by atoms with Crippen molar-refractivity contribution in [3.05, 3.63) is 70.6 Å². The summed E-state index contributed by atoms with van der Waals surface area (Å²) in [6, 6.07) is 16.9. The zero-order chi connectivity index (χ0) is 16.5. The van der Waals surface area contributed by atoms with E-state index in [1.807, 2.05) is 18.2 Å². The van der Waals surface area contributed by atoms with Gasteiger partial charge in [0.25, 0.3) is 5.56 Å². The molecular formula is C20H21N3O. The summed E-state index contributed by atoms with van der Waals surface area (Å²) >= 11 is 0. The van der Waals surface area contributed by atoms with Gasteiger partial charge in [0.2, 0.25) is 0 Å². The maximum absolute atomic E-state index is 11.8. The van der Waals surface area contributed by atoms with Crippen LogP contribution in [-0.4, -0.2) is 29.0 Å². The molecule has 2 aromatic carbocycles. The van der Waals surface area contributed by atoms with Crippen molar-refractivity contribution in [2.45, 2.75) is 19.0 Å². The lowest BCUT2D eigenvalue weighted by atomic mass is 10.0. The lowest BCUT2D eigenvalue weighted by Crippen LogP contribution is -2.26. The number of rotatable bonds is 3. The van der Waals surface area contributed by atoms with Gasteiger partial charge in [-0.1, -0.05) is 24.3 Å². The van der Waals surface area contributed by atoms with E-state index in [4.69, 9.17) is 5.73 Å². The molecule has 0 amide bonds. The molecule has 4 rings (SSSR count). The molecule has 122 valence electrons. The molecule has 0 unspecified atom stereocenters. The number of pyridine rings is 1. The van der Waals surface area contributed by atoms with E-state index in [0.717, 1.165) is 42.4 Å². The molecule has 4 nitrogen and oxygen atoms in total. The Labute approximate surface area is 140 Å². The molecule has 1 aromatic heterocycles. The van der Waals surface area contributed by atoms with Gasteiger partial charge in [-0.25, -0.2) is 0 Å². The number of nitrogens with one attached hydrogen (secondary N) is 1. The predicted molar refractivity (Wildman–Crippen MR) is 97.9 cm³/mol. The van der Waals surface area contributed by atoms with E-state index in [-0.39, 0.29) is 5.56 Å². The van der Waals surface area contributed by atoms with Gasteiger partial charge >= 0.3 is 0 Å². The van der Waals surface area contributed by atoms with Gasteiger partial charge in [-0.3, -0.25) is 9.69 Å². The third-order valence-electron chi connectivity index (χ3n) is 4.75. The zero-order valence-electron chi connectivity index (χ0n) is 13.5. The molecule has 24 heavy (non-hydrogen) atoms. The van der Waals surface area contributed by atoms with Crippen LogP contribution in [0.5, 0.6) is 0 Å². The molecule has 1 aliphatic rings. The summed E-state index contributed by atoms with van der Waals surface area (Å²) in [4.78, 5) is 17.0. The standard InChI is InChI=1S/C20H21N3O/c21-18-7-9-23(13-18)12-14-2-1-3-15(10-14)16-4-5-19-17(11-16)6-8-22-20(19)24/h1-6,8,10-11,18H,7,9,12-13,21H2,(H,22,24)/t18-/m1/s1. The fraction of sp³-hybridized carbons (Fsp3) is 0.250. The minimum atomic E-state index is -0.0434. The molecule has 0 bridgehead atoms. The van der Waals surface area contributed by atoms with Gasteiger partial charge < -0.3 is 10.7 Å². The van der Waals surface area contributed by atoms with Crippen LogP contribution in [0.2, 0.25) is 0 Å². The summed E-state index contributed by atoms with van der Waals surface area (Å²) in [5, 5.41) is 1.69. The fourth-order valence-electron chi connectivity index (χ4n) is 3.49. The molecule has 3 N–H and O–H groups in total. The second-order valence-corrected chi connectivity index (χ2v) is 6.59. The molecular weight excluding hydrogens is 298 g/mol. The summed E-state index contributed by atoms with van der Waals surface area (Å²) in [7, 11) is 0. The van der Waals surface area contributed by atoms with Gasteiger partial charge in [-0.05, 0) is 52.8 Å². The molecule has 0 aliphatic carbocycles. The number of aromatic nitrogens is 1. The van der Waals surface area contributed by atoms with Crippen LogP contribution >= 0.6 is 0 Å². The zero-order valence-corrected chi connectivity index (χ0v) is 13.5. The summed E-state index contributed by atoms with van der Waals surface area (Å²) in [5.41, 5.74) is 9.56. The van der Waals surface area contributed by atoms with Crippen molar-refractivity contribution in [3.63, 3.8) is 0 Å². The van der Waals surface area contributed by atoms with Crippen LogP contribution in [0.4, 0.5) is 0 Å². The quantitative estimate of drug-likeness (QED) is 0.780. The molecule has 1 saturated heterocycles. The average Bonchev–Trinajstić information content (AvgIpc) is 3.00. The van der Waals surface area contributed by atoms with Crippen molar-refractivity contribution in [2.24, 2.45) is 5.73 Å². The number of hydrogen-bond donors (Lipinski definition) is 2. The lowest BCUT2D eigenvalue weighted by molar-refractivity contribution is 0.327. The summed E-state index contributed by atoms with van der Waals surface area (Å²) in [6.45, 7) is 2.99. The van der Waals surface area contributed by atoms with E-state index in [1.54, 1.807) is 6.20 Å². The highest BCUT2D eigenvalue weighted by atomic mass is 16.1. The molecule has 0 radical (unpaired) electrons. The van der Waals surface area contributed by atoms with Crippen LogP contribution < -0.4 is 11.3 Å². The Morgan fingerprint density at radius 3 is 2.83 bits per heavy atom. The Kier molecular flexibility index (Phi) is 3.92. The first-order valence-electron chi connectivity index (χ1n) is 8.38. The van der Waals surface area contributed by atoms with Gasteiger partial charge in [0.15, 0.2) is 0 Å². The van der Waals surface area contributed by atoms with E-state index in [1.165, 1.54) is 11.1 Å². The van der Waals surface area contributed by atoms with Crippen LogP contribution in [0.15, 0.2) is 59.5 Å². The van der Waals surface area contributed by atoms with E-state index in [2.05, 4.69) is 40.2 Å². The van der Waals surface area contributed by atoms with Crippen molar-refractivity contribution < 1.29 is 0 Å². The second-order valence-electron chi connectivity index (χ2n) is 6.59. The average molecular weight is 319 g/mol. The molecule has 4 heteroatoms. The van der Waals surface area contributed by atoms with E-state index >= 15 is 0 Å². The normalized spacial score (nSPS) is 18.3. The van der Waals surface area contributed by atoms with Gasteiger partial charge in [0.1, 0.15) is 0 Å². The number of nitrogens with two attached hydrogens (primary N) is 1. The number of hydrogen-bond acceptors (Lipinski definition) is 3. The first kappa shape index (κ1) is 15.1. The van der Waals surface area contributed by atoms with Crippen LogP contribution in [0.3, 0.4) is 0 Å². The summed E-state index contributed by atoms with van der Waals surface area (Å²) in [6.07, 6.45) is 2.78. The molecule has 0 saturated carbocycles. The van der Waals surface area contributed by atoms with Gasteiger partial charge in [-0.15, -0.1) is 0 Å². The third-order valence-corrected chi connectivity index (χ3v) is 4.75. The lowest BCUT2D eigenvalue weighted by Gasteiger charge is -2.16. The van der Waals surface area contributed by atoms with Crippen LogP contribution in [0, 0.1) is 0 Å². The van der Waals surface area contributed by atoms with Gasteiger partial charge in [0.05, 0.1) is 0 Å². The van der Waals surface area contributed by atoms with E-state index in [0.29, 0.717) is 6.04 Å². The molecule has 1 aliphatic heterocycles. The van der Waals surface area contributed by atoms with Crippen molar-refractivity contribution in [2.75, 3.05) is 13.1 Å². The first-order valence-corrected chi connectivity index (χ1v) is 8.38. The number of fused-ring (bicyclic) bond motifs is 1. The Morgan fingerprint density at radius 1 is 1.12 bits per heavy atom. The van der Waals surface area contributed by atoms with Crippen molar-refractivity contribution >= 4 is 10.8 Å². The van der Waals surface area contributed by atoms with Crippen molar-refractivity contribution in [3.8, 4) is 11.1 Å². The highest BCUT2D eigenvalue weighted by molar-refractivity contribution is 5.86. The molecule has 2 heterocycles. The minimum absolute atomic E-state index is 0.0434. The van der Waals surface area contributed by atoms with Crippen molar-refractivity contribution in [1.29, 1.82) is 0 Å². The highest BCUT2D eigenvalue weighted by Crippen LogP contribution is 2.24. The number of aromatic amines is 1. The number of nitrogens with zero attached hydrogens (tertiary/aromatic N) is 1. The largest absolute Gasteiger partial charge is 0.329 e. The number of likely N-dealkylation sites (tertiary alicyclic amines) is 1. The molecule has 1 atom stereocenters. The second kappa shape index (κ2) is 6.23. The smallest absolute Gasteiger partial charge is 0.255 e. The van der Waals surface area contributed by atoms with Crippen molar-refractivity contribution in [1.82, 2.24) is 9.88 Å². The van der Waals surface area contributed by atoms with E-state index in [9.17, 15) is 4.79 Å². The first-order chi connectivity index (χ1) is 11.7. The Morgan fingerprint density at radius 2 is 2.00 bits per heavy atom. The summed E-state index contributed by atoms with van der Waals surface area (Å²) in [5.74, 6) is 0. The fourth-order valence-corrected chi connectivity index (χ4v) is 3.49. The maximum Gasteiger partial charge on any atom is 0.255 e. The van der Waals surface area contributed by atoms with Crippen LogP contribution in [0.25, 0.3) is 21.9 Å². The van der Waals surface area contributed by atoms with Crippen LogP contribution in [0.1, 0.15) is 12.0 Å². The Hall–Kier alpha value is -2.43. The van der Waals surface area contributed by atoms with Crippen LogP contribution in [-0.2, 0) is 6.54 Å². The summed E-state index contributed by atoms with van der Waals surface area (Å²) < 4.78 is 0. The van der Waals surface area contributed by atoms with Gasteiger partial charge in [0, 0.05) is 37.3 Å². The minimum Gasteiger partial charge on any atom is -0.329 e. The molecule has 3 aromatic rings. The predicted octanol–water partition coefficient (Wildman–Crippen LogP) is 2.73.